The Morgan fingerprint density at radius 3 is 2.69 bits per heavy atom. The van der Waals surface area contributed by atoms with E-state index in [0.717, 1.165) is 32.2 Å². The van der Waals surface area contributed by atoms with Gasteiger partial charge >= 0.3 is 0 Å². The van der Waals surface area contributed by atoms with E-state index < -0.39 is 0 Å². The molecule has 184 valence electrons. The second kappa shape index (κ2) is 10.4. The molecule has 0 unspecified atom stereocenters. The van der Waals surface area contributed by atoms with Gasteiger partial charge in [-0.1, -0.05) is 51.8 Å². The molecule has 7 nitrogen and oxygen atoms in total. The molecule has 1 aliphatic heterocycles. The molecule has 0 spiro atoms. The normalized spacial score (nSPS) is 13.4. The first-order chi connectivity index (χ1) is 17.4. The third kappa shape index (κ3) is 5.03. The first kappa shape index (κ1) is 24.5. The highest BCUT2D eigenvalue weighted by atomic mass is 79.9. The number of hydrogen-bond acceptors (Lipinski definition) is 6. The Bertz CT molecular complexity index is 1530. The maximum absolute atomic E-state index is 13.4. The molecule has 0 saturated heterocycles. The Morgan fingerprint density at radius 1 is 1.08 bits per heavy atom. The average molecular weight is 613 g/mol. The fourth-order valence-corrected chi connectivity index (χ4v) is 4.58. The molecule has 0 amide bonds. The SMILES string of the molecule is CC[C@@H](C)c1nc2ccc(Br)cc2c(=O)n1N=Cc1cc(Br)ccc1OCc1ccc2c(c1)OCO2. The third-order valence-electron chi connectivity index (χ3n) is 6.00. The van der Waals surface area contributed by atoms with Gasteiger partial charge in [-0.3, -0.25) is 4.79 Å². The predicted molar refractivity (Wildman–Crippen MR) is 146 cm³/mol. The lowest BCUT2D eigenvalue weighted by Crippen LogP contribution is -2.23. The summed E-state index contributed by atoms with van der Waals surface area (Å²) in [6.07, 6.45) is 2.46. The molecule has 1 aliphatic rings. The molecule has 0 radical (unpaired) electrons. The van der Waals surface area contributed by atoms with Crippen molar-refractivity contribution in [2.45, 2.75) is 32.8 Å². The number of ether oxygens (including phenoxy) is 3. The monoisotopic (exact) mass is 611 g/mol. The van der Waals surface area contributed by atoms with Gasteiger partial charge in [-0.05, 0) is 60.5 Å². The van der Waals surface area contributed by atoms with Crippen LogP contribution < -0.4 is 19.8 Å². The van der Waals surface area contributed by atoms with Crippen LogP contribution in [0, 0.1) is 0 Å². The summed E-state index contributed by atoms with van der Waals surface area (Å²) in [4.78, 5) is 18.2. The zero-order valence-corrected chi connectivity index (χ0v) is 22.9. The van der Waals surface area contributed by atoms with Crippen LogP contribution in [-0.2, 0) is 6.61 Å². The first-order valence-electron chi connectivity index (χ1n) is 11.5. The first-order valence-corrected chi connectivity index (χ1v) is 13.1. The Kier molecular flexibility index (Phi) is 7.11. The summed E-state index contributed by atoms with van der Waals surface area (Å²) in [6, 6.07) is 16.9. The number of benzene rings is 3. The minimum absolute atomic E-state index is 0.0483. The summed E-state index contributed by atoms with van der Waals surface area (Å²) in [6.45, 7) is 4.67. The van der Waals surface area contributed by atoms with E-state index in [2.05, 4.69) is 43.9 Å². The Labute approximate surface area is 225 Å². The van der Waals surface area contributed by atoms with Crippen molar-refractivity contribution in [3.8, 4) is 17.2 Å². The van der Waals surface area contributed by atoms with Crippen LogP contribution in [0.15, 0.2) is 73.4 Å². The van der Waals surface area contributed by atoms with E-state index in [1.165, 1.54) is 4.68 Å². The quantitative estimate of drug-likeness (QED) is 0.219. The molecule has 0 saturated carbocycles. The van der Waals surface area contributed by atoms with Gasteiger partial charge in [-0.2, -0.15) is 9.78 Å². The molecule has 0 bridgehead atoms. The van der Waals surface area contributed by atoms with Crippen LogP contribution in [0.5, 0.6) is 17.2 Å². The molecule has 9 heteroatoms. The van der Waals surface area contributed by atoms with Crippen molar-refractivity contribution >= 4 is 49.0 Å². The summed E-state index contributed by atoms with van der Waals surface area (Å²) < 4.78 is 20.0. The summed E-state index contributed by atoms with van der Waals surface area (Å²) >= 11 is 6.97. The van der Waals surface area contributed by atoms with Gasteiger partial charge in [0.25, 0.3) is 5.56 Å². The predicted octanol–water partition coefficient (Wildman–Crippen LogP) is 6.62. The molecular formula is C27H23Br2N3O4. The largest absolute Gasteiger partial charge is 0.488 e. The zero-order chi connectivity index (χ0) is 25.2. The van der Waals surface area contributed by atoms with E-state index >= 15 is 0 Å². The number of aromatic nitrogens is 2. The number of fused-ring (bicyclic) bond motifs is 2. The highest BCUT2D eigenvalue weighted by molar-refractivity contribution is 9.10. The summed E-state index contributed by atoms with van der Waals surface area (Å²) in [5.74, 6) is 2.74. The average Bonchev–Trinajstić information content (AvgIpc) is 3.35. The lowest BCUT2D eigenvalue weighted by atomic mass is 10.1. The minimum atomic E-state index is -0.217. The van der Waals surface area contributed by atoms with E-state index in [-0.39, 0.29) is 18.3 Å². The van der Waals surface area contributed by atoms with Crippen molar-refractivity contribution in [2.24, 2.45) is 5.10 Å². The molecule has 0 N–H and O–H groups in total. The van der Waals surface area contributed by atoms with Crippen LogP contribution in [0.2, 0.25) is 0 Å². The van der Waals surface area contributed by atoms with E-state index in [1.807, 2.05) is 55.5 Å². The summed E-state index contributed by atoms with van der Waals surface area (Å²) in [5, 5.41) is 5.09. The van der Waals surface area contributed by atoms with Crippen LogP contribution in [0.4, 0.5) is 0 Å². The molecule has 2 heterocycles. The number of rotatable bonds is 7. The summed E-state index contributed by atoms with van der Waals surface area (Å²) in [7, 11) is 0. The highest BCUT2D eigenvalue weighted by Gasteiger charge is 2.16. The topological polar surface area (TPSA) is 74.9 Å². The lowest BCUT2D eigenvalue weighted by molar-refractivity contribution is 0.174. The fourth-order valence-electron chi connectivity index (χ4n) is 3.84. The molecular weight excluding hydrogens is 590 g/mol. The molecule has 1 atom stereocenters. The Balaban J connectivity index is 1.49. The molecule has 0 aliphatic carbocycles. The Morgan fingerprint density at radius 2 is 1.86 bits per heavy atom. The van der Waals surface area contributed by atoms with Gasteiger partial charge in [0, 0.05) is 20.4 Å². The maximum Gasteiger partial charge on any atom is 0.282 e. The second-order valence-corrected chi connectivity index (χ2v) is 10.3. The van der Waals surface area contributed by atoms with Gasteiger partial charge in [0.2, 0.25) is 6.79 Å². The standard InChI is InChI=1S/C27H23Br2N3O4/c1-3-16(2)26-31-22-7-5-20(29)12-21(22)27(33)32(26)30-13-18-11-19(28)6-9-23(18)34-14-17-4-8-24-25(10-17)36-15-35-24/h4-13,16H,3,14-15H2,1-2H3/t16-/m1/s1. The third-order valence-corrected chi connectivity index (χ3v) is 6.99. The fraction of sp³-hybridized carbons (Fsp3) is 0.222. The summed E-state index contributed by atoms with van der Waals surface area (Å²) in [5.41, 5.74) is 2.11. The minimum Gasteiger partial charge on any atom is -0.488 e. The van der Waals surface area contributed by atoms with Crippen molar-refractivity contribution in [1.82, 2.24) is 9.66 Å². The van der Waals surface area contributed by atoms with Crippen LogP contribution >= 0.6 is 31.9 Å². The maximum atomic E-state index is 13.4. The zero-order valence-electron chi connectivity index (χ0n) is 19.7. The second-order valence-electron chi connectivity index (χ2n) is 8.46. The molecule has 3 aromatic carbocycles. The van der Waals surface area contributed by atoms with Crippen molar-refractivity contribution < 1.29 is 14.2 Å². The van der Waals surface area contributed by atoms with Gasteiger partial charge in [-0.15, -0.1) is 0 Å². The molecule has 0 fully saturated rings. The van der Waals surface area contributed by atoms with Crippen molar-refractivity contribution in [1.29, 1.82) is 0 Å². The van der Waals surface area contributed by atoms with Crippen LogP contribution in [0.25, 0.3) is 10.9 Å². The van der Waals surface area contributed by atoms with Crippen LogP contribution in [0.1, 0.15) is 43.1 Å². The number of nitrogens with zero attached hydrogens (tertiary/aromatic N) is 3. The molecule has 1 aromatic heterocycles. The number of hydrogen-bond donors (Lipinski definition) is 0. The molecule has 36 heavy (non-hydrogen) atoms. The smallest absolute Gasteiger partial charge is 0.282 e. The van der Waals surface area contributed by atoms with Crippen molar-refractivity contribution in [3.63, 3.8) is 0 Å². The van der Waals surface area contributed by atoms with Crippen molar-refractivity contribution in [2.75, 3.05) is 6.79 Å². The van der Waals surface area contributed by atoms with Gasteiger partial charge in [-0.25, -0.2) is 4.98 Å². The van der Waals surface area contributed by atoms with E-state index in [9.17, 15) is 4.79 Å². The Hall–Kier alpha value is -3.17. The lowest BCUT2D eigenvalue weighted by Gasteiger charge is -2.14. The molecule has 5 rings (SSSR count). The van der Waals surface area contributed by atoms with E-state index in [4.69, 9.17) is 19.2 Å². The van der Waals surface area contributed by atoms with Gasteiger partial charge in [0.1, 0.15) is 18.2 Å². The molecule has 4 aromatic rings. The van der Waals surface area contributed by atoms with E-state index in [1.54, 1.807) is 12.3 Å². The van der Waals surface area contributed by atoms with Gasteiger partial charge in [0.15, 0.2) is 11.5 Å². The van der Waals surface area contributed by atoms with Crippen LogP contribution in [0.3, 0.4) is 0 Å². The highest BCUT2D eigenvalue weighted by Crippen LogP contribution is 2.33. The van der Waals surface area contributed by atoms with Crippen molar-refractivity contribution in [3.05, 3.63) is 90.8 Å². The van der Waals surface area contributed by atoms with Crippen LogP contribution in [-0.4, -0.2) is 22.7 Å². The van der Waals surface area contributed by atoms with Gasteiger partial charge in [0.05, 0.1) is 17.1 Å². The van der Waals surface area contributed by atoms with E-state index in [0.29, 0.717) is 34.8 Å². The van der Waals surface area contributed by atoms with Gasteiger partial charge < -0.3 is 14.2 Å². The number of halogens is 2.